The predicted molar refractivity (Wildman–Crippen MR) is 112 cm³/mol. The highest BCUT2D eigenvalue weighted by Crippen LogP contribution is 2.41. The number of nitrogens with one attached hydrogen (secondary N) is 1. The van der Waals surface area contributed by atoms with Gasteiger partial charge in [-0.15, -0.1) is 0 Å². The Balaban J connectivity index is 1.52. The number of para-hydroxylation sites is 1. The summed E-state index contributed by atoms with van der Waals surface area (Å²) in [6.07, 6.45) is 5.06. The normalized spacial score (nSPS) is 29.3. The predicted octanol–water partition coefficient (Wildman–Crippen LogP) is 2.54. The summed E-state index contributed by atoms with van der Waals surface area (Å²) in [6, 6.07) is 7.70. The molecule has 29 heavy (non-hydrogen) atoms. The minimum atomic E-state index is -0.133. The van der Waals surface area contributed by atoms with Crippen molar-refractivity contribution in [3.8, 4) is 5.75 Å². The van der Waals surface area contributed by atoms with Gasteiger partial charge in [0.1, 0.15) is 5.75 Å². The van der Waals surface area contributed by atoms with Crippen molar-refractivity contribution in [3.63, 3.8) is 0 Å². The van der Waals surface area contributed by atoms with E-state index in [2.05, 4.69) is 22.0 Å². The lowest BCUT2D eigenvalue weighted by Gasteiger charge is -2.56. The first-order valence-corrected chi connectivity index (χ1v) is 11.1. The monoisotopic (exact) mass is 399 g/mol. The first-order chi connectivity index (χ1) is 14.1. The lowest BCUT2D eigenvalue weighted by molar-refractivity contribution is -0.152. The van der Waals surface area contributed by atoms with Crippen LogP contribution in [0, 0.1) is 11.8 Å². The van der Waals surface area contributed by atoms with Crippen molar-refractivity contribution in [2.24, 2.45) is 11.8 Å². The van der Waals surface area contributed by atoms with Gasteiger partial charge in [0.05, 0.1) is 18.7 Å². The third kappa shape index (κ3) is 4.00. The van der Waals surface area contributed by atoms with Gasteiger partial charge in [0.15, 0.2) is 0 Å². The summed E-state index contributed by atoms with van der Waals surface area (Å²) in [4.78, 5) is 30.5. The Bertz CT molecular complexity index is 751. The molecule has 158 valence electrons. The number of carbonyl (C=O) groups excluding carboxylic acids is 2. The molecule has 0 saturated carbocycles. The van der Waals surface area contributed by atoms with E-state index < -0.39 is 0 Å². The lowest BCUT2D eigenvalue weighted by atomic mass is 9.72. The number of rotatable bonds is 6. The van der Waals surface area contributed by atoms with E-state index in [1.165, 1.54) is 6.42 Å². The Morgan fingerprint density at radius 2 is 2.03 bits per heavy atom. The SMILES string of the molecule is CCCN1C[C@H]2C[C@@H](C1)[C@H](CNC(=O)c1ccccc1OC)N1C(=O)CCC[C@@H]21. The van der Waals surface area contributed by atoms with E-state index in [-0.39, 0.29) is 17.9 Å². The van der Waals surface area contributed by atoms with Gasteiger partial charge in [-0.3, -0.25) is 9.59 Å². The van der Waals surface area contributed by atoms with Crippen LogP contribution in [-0.2, 0) is 4.79 Å². The second-order valence-electron chi connectivity index (χ2n) is 8.75. The Morgan fingerprint density at radius 3 is 2.83 bits per heavy atom. The molecule has 0 radical (unpaired) electrons. The van der Waals surface area contributed by atoms with Crippen LogP contribution < -0.4 is 10.1 Å². The zero-order chi connectivity index (χ0) is 20.4. The van der Waals surface area contributed by atoms with Crippen molar-refractivity contribution in [3.05, 3.63) is 29.8 Å². The van der Waals surface area contributed by atoms with E-state index in [1.807, 2.05) is 12.1 Å². The van der Waals surface area contributed by atoms with Crippen molar-refractivity contribution >= 4 is 11.8 Å². The molecule has 4 rings (SSSR count). The summed E-state index contributed by atoms with van der Waals surface area (Å²) in [5, 5.41) is 3.12. The maximum Gasteiger partial charge on any atom is 0.255 e. The number of nitrogens with zero attached hydrogens (tertiary/aromatic N) is 2. The summed E-state index contributed by atoms with van der Waals surface area (Å²) in [5.74, 6) is 1.72. The minimum Gasteiger partial charge on any atom is -0.496 e. The minimum absolute atomic E-state index is 0.0855. The first-order valence-electron chi connectivity index (χ1n) is 11.1. The van der Waals surface area contributed by atoms with Crippen LogP contribution in [0.25, 0.3) is 0 Å². The number of likely N-dealkylation sites (tertiary alicyclic amines) is 1. The van der Waals surface area contributed by atoms with E-state index in [9.17, 15) is 9.59 Å². The molecule has 1 N–H and O–H groups in total. The molecule has 0 aromatic heterocycles. The van der Waals surface area contributed by atoms with Crippen LogP contribution in [0.15, 0.2) is 24.3 Å². The van der Waals surface area contributed by atoms with Crippen molar-refractivity contribution in [2.45, 2.75) is 51.1 Å². The van der Waals surface area contributed by atoms with Crippen LogP contribution in [0.3, 0.4) is 0 Å². The Labute approximate surface area is 173 Å². The summed E-state index contributed by atoms with van der Waals surface area (Å²) < 4.78 is 5.34. The third-order valence-corrected chi connectivity index (χ3v) is 6.94. The number of methoxy groups -OCH3 is 1. The Morgan fingerprint density at radius 1 is 1.24 bits per heavy atom. The van der Waals surface area contributed by atoms with Gasteiger partial charge in [-0.05, 0) is 56.2 Å². The number of piperidine rings is 3. The van der Waals surface area contributed by atoms with Crippen LogP contribution >= 0.6 is 0 Å². The van der Waals surface area contributed by atoms with Crippen LogP contribution in [0.4, 0.5) is 0 Å². The standard InChI is InChI=1S/C23H33N3O3/c1-3-11-25-14-16-12-17(15-25)20(26-19(16)8-6-10-22(26)27)13-24-23(28)18-7-4-5-9-21(18)29-2/h4-5,7,9,16-17,19-20H,3,6,8,10-15H2,1-2H3,(H,24,28)/t16-,17+,19+,20+/m1/s1. The second-order valence-corrected chi connectivity index (χ2v) is 8.75. The molecule has 0 spiro atoms. The molecule has 1 aromatic rings. The number of fused-ring (bicyclic) bond motifs is 4. The highest BCUT2D eigenvalue weighted by atomic mass is 16.5. The molecule has 0 unspecified atom stereocenters. The average Bonchev–Trinajstić information content (AvgIpc) is 2.74. The molecule has 3 fully saturated rings. The maximum atomic E-state index is 12.9. The molecular formula is C23H33N3O3. The molecule has 3 aliphatic rings. The van der Waals surface area contributed by atoms with Crippen LogP contribution in [0.1, 0.15) is 49.4 Å². The summed E-state index contributed by atoms with van der Waals surface area (Å²) in [7, 11) is 1.58. The van der Waals surface area contributed by atoms with Gasteiger partial charge in [0.2, 0.25) is 5.91 Å². The van der Waals surface area contributed by atoms with Crippen molar-refractivity contribution in [2.75, 3.05) is 33.3 Å². The molecular weight excluding hydrogens is 366 g/mol. The number of ether oxygens (including phenoxy) is 1. The maximum absolute atomic E-state index is 12.9. The number of hydrogen-bond acceptors (Lipinski definition) is 4. The van der Waals surface area contributed by atoms with Crippen molar-refractivity contribution in [1.82, 2.24) is 15.1 Å². The van der Waals surface area contributed by atoms with E-state index in [1.54, 1.807) is 19.2 Å². The number of benzene rings is 1. The molecule has 2 bridgehead atoms. The molecule has 4 atom stereocenters. The molecule has 6 heteroatoms. The second kappa shape index (κ2) is 8.74. The molecule has 0 aliphatic carbocycles. The summed E-state index contributed by atoms with van der Waals surface area (Å²) in [6.45, 7) is 5.99. The third-order valence-electron chi connectivity index (χ3n) is 6.94. The van der Waals surface area contributed by atoms with E-state index in [0.29, 0.717) is 42.2 Å². The number of carbonyl (C=O) groups is 2. The molecule has 2 amide bonds. The topological polar surface area (TPSA) is 61.9 Å². The fraction of sp³-hybridized carbons (Fsp3) is 0.652. The van der Waals surface area contributed by atoms with E-state index in [0.717, 1.165) is 38.9 Å². The lowest BCUT2D eigenvalue weighted by Crippen LogP contribution is -2.67. The van der Waals surface area contributed by atoms with Gasteiger partial charge in [-0.1, -0.05) is 19.1 Å². The molecule has 3 saturated heterocycles. The number of amides is 2. The van der Waals surface area contributed by atoms with Gasteiger partial charge in [0.25, 0.3) is 5.91 Å². The zero-order valence-corrected chi connectivity index (χ0v) is 17.6. The Hall–Kier alpha value is -2.08. The first kappa shape index (κ1) is 20.2. The van der Waals surface area contributed by atoms with Crippen LogP contribution in [0.5, 0.6) is 5.75 Å². The van der Waals surface area contributed by atoms with Crippen molar-refractivity contribution in [1.29, 1.82) is 0 Å². The largest absolute Gasteiger partial charge is 0.496 e. The smallest absolute Gasteiger partial charge is 0.255 e. The van der Waals surface area contributed by atoms with Gasteiger partial charge < -0.3 is 19.9 Å². The highest BCUT2D eigenvalue weighted by molar-refractivity contribution is 5.97. The van der Waals surface area contributed by atoms with Gasteiger partial charge >= 0.3 is 0 Å². The zero-order valence-electron chi connectivity index (χ0n) is 17.6. The van der Waals surface area contributed by atoms with E-state index >= 15 is 0 Å². The average molecular weight is 400 g/mol. The quantitative estimate of drug-likeness (QED) is 0.799. The fourth-order valence-corrected chi connectivity index (χ4v) is 5.76. The van der Waals surface area contributed by atoms with E-state index in [4.69, 9.17) is 4.74 Å². The molecule has 6 nitrogen and oxygen atoms in total. The van der Waals surface area contributed by atoms with Gasteiger partial charge in [-0.25, -0.2) is 0 Å². The van der Waals surface area contributed by atoms with Gasteiger partial charge in [0, 0.05) is 32.1 Å². The van der Waals surface area contributed by atoms with Crippen LogP contribution in [0.2, 0.25) is 0 Å². The van der Waals surface area contributed by atoms with Gasteiger partial charge in [-0.2, -0.15) is 0 Å². The highest BCUT2D eigenvalue weighted by Gasteiger charge is 2.49. The molecule has 1 aromatic carbocycles. The van der Waals surface area contributed by atoms with Crippen molar-refractivity contribution < 1.29 is 14.3 Å². The Kier molecular flexibility index (Phi) is 6.09. The van der Waals surface area contributed by atoms with Crippen LogP contribution in [-0.4, -0.2) is 67.0 Å². The number of hydrogen-bond donors (Lipinski definition) is 1. The fourth-order valence-electron chi connectivity index (χ4n) is 5.76. The molecule has 3 heterocycles. The summed E-state index contributed by atoms with van der Waals surface area (Å²) >= 11 is 0. The molecule has 3 aliphatic heterocycles. The summed E-state index contributed by atoms with van der Waals surface area (Å²) in [5.41, 5.74) is 0.543.